The predicted octanol–water partition coefficient (Wildman–Crippen LogP) is 2.90. The monoisotopic (exact) mass is 645 g/mol. The van der Waals surface area contributed by atoms with E-state index < -0.39 is 5.91 Å². The number of aromatic nitrogens is 4. The lowest BCUT2D eigenvalue weighted by molar-refractivity contribution is 0.0358. The SMILES string of the molecule is CCn1nc(C)cc1C(=O)Nc1nc2cc(C(N)=O)cc(OCCCN3CCOCC3)c2n1CCCNC(=O)NCc1ccccc1. The fourth-order valence-corrected chi connectivity index (χ4v) is 5.51. The molecule has 4 amide bonds. The summed E-state index contributed by atoms with van der Waals surface area (Å²) >= 11 is 0. The van der Waals surface area contributed by atoms with Crippen molar-refractivity contribution in [1.29, 1.82) is 0 Å². The summed E-state index contributed by atoms with van der Waals surface area (Å²) in [6, 6.07) is 14.3. The summed E-state index contributed by atoms with van der Waals surface area (Å²) in [6.45, 7) is 9.89. The molecule has 0 bridgehead atoms. The molecular formula is C33H43N9O5. The Balaban J connectivity index is 1.35. The number of benzene rings is 2. The van der Waals surface area contributed by atoms with Crippen LogP contribution in [-0.4, -0.2) is 88.1 Å². The summed E-state index contributed by atoms with van der Waals surface area (Å²) in [4.78, 5) is 45.2. The number of urea groups is 1. The lowest BCUT2D eigenvalue weighted by atomic mass is 10.1. The molecule has 0 atom stereocenters. The van der Waals surface area contributed by atoms with Crippen molar-refractivity contribution in [2.45, 2.75) is 46.3 Å². The number of rotatable bonds is 15. The number of nitrogens with zero attached hydrogens (tertiary/aromatic N) is 5. The van der Waals surface area contributed by atoms with Crippen LogP contribution >= 0.6 is 0 Å². The van der Waals surface area contributed by atoms with Gasteiger partial charge < -0.3 is 30.4 Å². The van der Waals surface area contributed by atoms with E-state index in [1.165, 1.54) is 0 Å². The number of nitrogens with one attached hydrogen (secondary N) is 3. The predicted molar refractivity (Wildman–Crippen MR) is 178 cm³/mol. The lowest BCUT2D eigenvalue weighted by Crippen LogP contribution is -2.37. The van der Waals surface area contributed by atoms with Gasteiger partial charge in [0.2, 0.25) is 11.9 Å². The maximum absolute atomic E-state index is 13.5. The van der Waals surface area contributed by atoms with E-state index in [4.69, 9.17) is 20.2 Å². The zero-order valence-corrected chi connectivity index (χ0v) is 27.0. The van der Waals surface area contributed by atoms with Crippen molar-refractivity contribution in [3.05, 3.63) is 71.0 Å². The summed E-state index contributed by atoms with van der Waals surface area (Å²) in [5, 5.41) is 13.1. The number of primary amides is 1. The van der Waals surface area contributed by atoms with E-state index in [-0.39, 0.29) is 23.5 Å². The Hall–Kier alpha value is -4.95. The van der Waals surface area contributed by atoms with E-state index in [2.05, 4.69) is 25.9 Å². The van der Waals surface area contributed by atoms with Gasteiger partial charge in [-0.3, -0.25) is 24.5 Å². The fraction of sp³-hybridized carbons (Fsp3) is 0.424. The summed E-state index contributed by atoms with van der Waals surface area (Å²) in [7, 11) is 0. The number of ether oxygens (including phenoxy) is 2. The van der Waals surface area contributed by atoms with Gasteiger partial charge in [-0.25, -0.2) is 9.78 Å². The summed E-state index contributed by atoms with van der Waals surface area (Å²) < 4.78 is 15.2. The van der Waals surface area contributed by atoms with E-state index in [1.54, 1.807) is 22.9 Å². The summed E-state index contributed by atoms with van der Waals surface area (Å²) in [5.74, 6) is -0.266. The second kappa shape index (κ2) is 16.1. The van der Waals surface area contributed by atoms with Crippen LogP contribution in [0.2, 0.25) is 0 Å². The molecule has 0 saturated carbocycles. The first-order valence-electron chi connectivity index (χ1n) is 16.0. The number of hydrogen-bond acceptors (Lipinski definition) is 8. The highest BCUT2D eigenvalue weighted by molar-refractivity contribution is 6.04. The van der Waals surface area contributed by atoms with Gasteiger partial charge in [-0.05, 0) is 50.5 Å². The second-order valence-corrected chi connectivity index (χ2v) is 11.3. The quantitative estimate of drug-likeness (QED) is 0.143. The third kappa shape index (κ3) is 8.86. The highest BCUT2D eigenvalue weighted by Gasteiger charge is 2.22. The van der Waals surface area contributed by atoms with Crippen molar-refractivity contribution in [2.75, 3.05) is 51.3 Å². The number of carbonyl (C=O) groups is 3. The molecule has 2 aromatic heterocycles. The average molecular weight is 646 g/mol. The molecule has 0 aliphatic carbocycles. The molecule has 250 valence electrons. The fourth-order valence-electron chi connectivity index (χ4n) is 5.51. The normalized spacial score (nSPS) is 13.4. The molecule has 1 aliphatic rings. The number of anilines is 1. The highest BCUT2D eigenvalue weighted by atomic mass is 16.5. The van der Waals surface area contributed by atoms with Gasteiger partial charge in [-0.1, -0.05) is 30.3 Å². The van der Waals surface area contributed by atoms with Gasteiger partial charge in [-0.2, -0.15) is 5.10 Å². The van der Waals surface area contributed by atoms with Gasteiger partial charge in [-0.15, -0.1) is 0 Å². The number of amides is 4. The topological polar surface area (TPSA) is 171 Å². The number of nitrogens with two attached hydrogens (primary N) is 1. The van der Waals surface area contributed by atoms with Crippen molar-refractivity contribution >= 4 is 34.8 Å². The molecule has 0 spiro atoms. The third-order valence-electron chi connectivity index (χ3n) is 7.87. The smallest absolute Gasteiger partial charge is 0.315 e. The molecule has 14 heteroatoms. The highest BCUT2D eigenvalue weighted by Crippen LogP contribution is 2.31. The van der Waals surface area contributed by atoms with Crippen LogP contribution in [0.15, 0.2) is 48.5 Å². The van der Waals surface area contributed by atoms with Crippen molar-refractivity contribution in [1.82, 2.24) is 34.9 Å². The number of imidazole rings is 1. The molecule has 5 rings (SSSR count). The molecule has 0 radical (unpaired) electrons. The maximum Gasteiger partial charge on any atom is 0.315 e. The molecule has 0 unspecified atom stereocenters. The van der Waals surface area contributed by atoms with Crippen molar-refractivity contribution in [2.24, 2.45) is 5.73 Å². The third-order valence-corrected chi connectivity index (χ3v) is 7.87. The Labute approximate surface area is 273 Å². The molecule has 3 heterocycles. The Kier molecular flexibility index (Phi) is 11.4. The Bertz CT molecular complexity index is 1680. The standard InChI is InChI=1S/C33H43N9O5/c1-3-42-27(19-23(2)39-42)31(44)38-32-37-26-20-25(30(34)43)21-28(47-16-8-12-40-14-17-46-18-15-40)29(26)41(32)13-7-11-35-33(45)36-22-24-9-5-4-6-10-24/h4-6,9-10,19-21H,3,7-8,11-18,22H2,1-2H3,(H2,34,43)(H2,35,36,45)(H,37,38,44). The molecule has 2 aromatic carbocycles. The van der Waals surface area contributed by atoms with Crippen LogP contribution in [0.25, 0.3) is 11.0 Å². The van der Waals surface area contributed by atoms with Crippen LogP contribution in [0.4, 0.5) is 10.7 Å². The van der Waals surface area contributed by atoms with Crippen molar-refractivity contribution < 1.29 is 23.9 Å². The van der Waals surface area contributed by atoms with Crippen LogP contribution in [0.5, 0.6) is 5.75 Å². The first kappa shape index (κ1) is 33.4. The minimum atomic E-state index is -0.613. The number of morpholine rings is 1. The zero-order valence-electron chi connectivity index (χ0n) is 27.0. The van der Waals surface area contributed by atoms with E-state index in [1.807, 2.05) is 48.7 Å². The van der Waals surface area contributed by atoms with Crippen LogP contribution in [0.1, 0.15) is 51.9 Å². The van der Waals surface area contributed by atoms with Gasteiger partial charge in [0.25, 0.3) is 5.91 Å². The Morgan fingerprint density at radius 3 is 2.55 bits per heavy atom. The summed E-state index contributed by atoms with van der Waals surface area (Å²) in [5.41, 5.74) is 9.12. The van der Waals surface area contributed by atoms with Crippen LogP contribution in [0.3, 0.4) is 0 Å². The van der Waals surface area contributed by atoms with Gasteiger partial charge in [0.1, 0.15) is 17.0 Å². The van der Waals surface area contributed by atoms with Gasteiger partial charge in [0.15, 0.2) is 0 Å². The number of carbonyl (C=O) groups excluding carboxylic acids is 3. The van der Waals surface area contributed by atoms with E-state index in [0.717, 1.165) is 50.5 Å². The molecule has 1 fully saturated rings. The van der Waals surface area contributed by atoms with Gasteiger partial charge >= 0.3 is 6.03 Å². The second-order valence-electron chi connectivity index (χ2n) is 11.3. The van der Waals surface area contributed by atoms with Gasteiger partial charge in [0.05, 0.1) is 31.0 Å². The number of hydrogen-bond donors (Lipinski definition) is 4. The van der Waals surface area contributed by atoms with Crippen molar-refractivity contribution in [3.63, 3.8) is 0 Å². The zero-order chi connectivity index (χ0) is 33.2. The van der Waals surface area contributed by atoms with Crippen LogP contribution in [0, 0.1) is 6.92 Å². The minimum absolute atomic E-state index is 0.250. The summed E-state index contributed by atoms with van der Waals surface area (Å²) in [6.07, 6.45) is 1.29. The largest absolute Gasteiger partial charge is 0.491 e. The first-order chi connectivity index (χ1) is 22.8. The van der Waals surface area contributed by atoms with Crippen molar-refractivity contribution in [3.8, 4) is 5.75 Å². The Morgan fingerprint density at radius 1 is 1.02 bits per heavy atom. The van der Waals surface area contributed by atoms with Crippen LogP contribution < -0.4 is 26.4 Å². The molecule has 4 aromatic rings. The van der Waals surface area contributed by atoms with E-state index >= 15 is 0 Å². The molecule has 47 heavy (non-hydrogen) atoms. The molecule has 1 saturated heterocycles. The van der Waals surface area contributed by atoms with Gasteiger partial charge in [0, 0.05) is 51.4 Å². The first-order valence-corrected chi connectivity index (χ1v) is 16.0. The number of fused-ring (bicyclic) bond motifs is 1. The molecular weight excluding hydrogens is 602 g/mol. The van der Waals surface area contributed by atoms with Crippen LogP contribution in [-0.2, 0) is 24.4 Å². The maximum atomic E-state index is 13.5. The minimum Gasteiger partial charge on any atom is -0.491 e. The van der Waals surface area contributed by atoms with E-state index in [0.29, 0.717) is 61.7 Å². The molecule has 5 N–H and O–H groups in total. The Morgan fingerprint density at radius 2 is 1.81 bits per heavy atom. The average Bonchev–Trinajstić information content (AvgIpc) is 3.64. The number of aryl methyl sites for hydroxylation is 3. The molecule has 14 nitrogen and oxygen atoms in total. The molecule has 1 aliphatic heterocycles. The van der Waals surface area contributed by atoms with E-state index in [9.17, 15) is 14.4 Å². The lowest BCUT2D eigenvalue weighted by Gasteiger charge is -2.26.